The van der Waals surface area contributed by atoms with Gasteiger partial charge < -0.3 is 23.8 Å². The largest absolute Gasteiger partial charge is 0.454 e. The van der Waals surface area contributed by atoms with Crippen molar-refractivity contribution < 1.29 is 27.7 Å². The molecule has 174 valence electrons. The quantitative estimate of drug-likeness (QED) is 0.436. The van der Waals surface area contributed by atoms with E-state index < -0.39 is 12.2 Å². The number of halogens is 2. The second-order valence-electron chi connectivity index (χ2n) is 7.53. The summed E-state index contributed by atoms with van der Waals surface area (Å²) in [5, 5.41) is 0. The van der Waals surface area contributed by atoms with Crippen LogP contribution in [0.3, 0.4) is 0 Å². The zero-order valence-electron chi connectivity index (χ0n) is 17.7. The van der Waals surface area contributed by atoms with Crippen molar-refractivity contribution in [3.05, 3.63) is 48.3 Å². The van der Waals surface area contributed by atoms with E-state index in [-0.39, 0.29) is 18.8 Å². The molecular weight excluding hydrogens is 450 g/mol. The van der Waals surface area contributed by atoms with Gasteiger partial charge in [-0.25, -0.2) is 13.8 Å². The zero-order chi connectivity index (χ0) is 23.1. The number of imidazole rings is 1. The van der Waals surface area contributed by atoms with Gasteiger partial charge in [0.05, 0.1) is 24.2 Å². The summed E-state index contributed by atoms with van der Waals surface area (Å²) in [6.07, 6.45) is -2.84. The fraction of sp³-hybridized carbons (Fsp3) is 0.273. The molecule has 0 unspecified atom stereocenters. The van der Waals surface area contributed by atoms with Gasteiger partial charge >= 0.3 is 6.01 Å². The Bertz CT molecular complexity index is 1360. The summed E-state index contributed by atoms with van der Waals surface area (Å²) in [5.41, 5.74) is 0.857. The third-order valence-corrected chi connectivity index (χ3v) is 5.42. The summed E-state index contributed by atoms with van der Waals surface area (Å²) in [6.45, 7) is 2.20. The van der Waals surface area contributed by atoms with Gasteiger partial charge in [-0.15, -0.1) is 0 Å². The summed E-state index contributed by atoms with van der Waals surface area (Å²) >= 11 is 0. The van der Waals surface area contributed by atoms with E-state index in [2.05, 4.69) is 19.9 Å². The molecule has 2 aliphatic rings. The first-order valence-corrected chi connectivity index (χ1v) is 10.6. The Morgan fingerprint density at radius 1 is 0.882 bits per heavy atom. The van der Waals surface area contributed by atoms with Crippen LogP contribution in [0.1, 0.15) is 12.2 Å². The third kappa shape index (κ3) is 3.71. The van der Waals surface area contributed by atoms with Crippen molar-refractivity contribution in [3.63, 3.8) is 0 Å². The topological polar surface area (TPSA) is 96.7 Å². The van der Waals surface area contributed by atoms with E-state index >= 15 is 0 Å². The Labute approximate surface area is 191 Å². The molecule has 4 aromatic rings. The maximum absolute atomic E-state index is 13.9. The van der Waals surface area contributed by atoms with Crippen molar-refractivity contribution in [3.8, 4) is 29.2 Å². The zero-order valence-corrected chi connectivity index (χ0v) is 17.7. The number of alkyl halides is 2. The Hall–Kier alpha value is -4.06. The molecule has 2 aromatic heterocycles. The van der Waals surface area contributed by atoms with Gasteiger partial charge in [-0.1, -0.05) is 12.1 Å². The highest BCUT2D eigenvalue weighted by Gasteiger charge is 2.25. The molecule has 1 saturated heterocycles. The lowest BCUT2D eigenvalue weighted by Crippen LogP contribution is -2.37. The van der Waals surface area contributed by atoms with Gasteiger partial charge in [0.15, 0.2) is 17.3 Å². The molecule has 0 saturated carbocycles. The molecule has 0 radical (unpaired) electrons. The lowest BCUT2D eigenvalue weighted by Gasteiger charge is -2.27. The summed E-state index contributed by atoms with van der Waals surface area (Å²) < 4.78 is 51.2. The molecule has 0 bridgehead atoms. The average molecular weight is 468 g/mol. The molecule has 0 atom stereocenters. The molecule has 2 aromatic carbocycles. The first-order chi connectivity index (χ1) is 16.7. The number of morpholine rings is 1. The summed E-state index contributed by atoms with van der Waals surface area (Å²) in [4.78, 5) is 19.3. The Balaban J connectivity index is 1.47. The van der Waals surface area contributed by atoms with E-state index in [1.54, 1.807) is 42.5 Å². The SMILES string of the molecule is FC(F)c1nc2ccccc2n1-c1nc(Oc2ccc3c(c2)OCO3)nc(N2CCOCC2)n1. The summed E-state index contributed by atoms with van der Waals surface area (Å²) in [7, 11) is 0. The fourth-order valence-corrected chi connectivity index (χ4v) is 3.83. The molecule has 34 heavy (non-hydrogen) atoms. The second kappa shape index (κ2) is 8.37. The molecule has 2 aliphatic heterocycles. The van der Waals surface area contributed by atoms with Crippen LogP contribution >= 0.6 is 0 Å². The standard InChI is InChI=1S/C22H18F2N6O4/c23-18(24)19-25-14-3-1-2-4-15(14)30(19)21-26-20(29-7-9-31-10-8-29)27-22(28-21)34-13-5-6-16-17(11-13)33-12-32-16/h1-6,11,18H,7-10,12H2. The molecule has 0 spiro atoms. The average Bonchev–Trinajstić information content (AvgIpc) is 3.49. The highest BCUT2D eigenvalue weighted by molar-refractivity contribution is 5.77. The molecule has 0 amide bonds. The van der Waals surface area contributed by atoms with Crippen LogP contribution in [-0.4, -0.2) is 57.6 Å². The Morgan fingerprint density at radius 2 is 1.68 bits per heavy atom. The molecule has 1 fully saturated rings. The van der Waals surface area contributed by atoms with Crippen molar-refractivity contribution in [1.29, 1.82) is 0 Å². The number of hydrogen-bond donors (Lipinski definition) is 0. The molecule has 0 N–H and O–H groups in total. The molecular formula is C22H18F2N6O4. The second-order valence-corrected chi connectivity index (χ2v) is 7.53. The number of rotatable bonds is 5. The molecule has 12 heteroatoms. The minimum absolute atomic E-state index is 0.0174. The predicted molar refractivity (Wildman–Crippen MR) is 115 cm³/mol. The number of nitrogens with zero attached hydrogens (tertiary/aromatic N) is 6. The van der Waals surface area contributed by atoms with E-state index in [1.165, 1.54) is 4.57 Å². The highest BCUT2D eigenvalue weighted by atomic mass is 19.3. The van der Waals surface area contributed by atoms with Crippen molar-refractivity contribution in [2.75, 3.05) is 38.0 Å². The van der Waals surface area contributed by atoms with Crippen LogP contribution in [0.25, 0.3) is 17.0 Å². The Morgan fingerprint density at radius 3 is 2.53 bits per heavy atom. The van der Waals surface area contributed by atoms with Gasteiger partial charge in [0.25, 0.3) is 6.43 Å². The summed E-state index contributed by atoms with van der Waals surface area (Å²) in [5.74, 6) is 1.34. The van der Waals surface area contributed by atoms with Crippen LogP contribution in [0.2, 0.25) is 0 Å². The number of fused-ring (bicyclic) bond motifs is 2. The smallest absolute Gasteiger partial charge is 0.328 e. The molecule has 4 heterocycles. The molecule has 10 nitrogen and oxygen atoms in total. The van der Waals surface area contributed by atoms with Crippen molar-refractivity contribution in [2.45, 2.75) is 6.43 Å². The van der Waals surface area contributed by atoms with Crippen LogP contribution in [0, 0.1) is 0 Å². The van der Waals surface area contributed by atoms with Crippen LogP contribution in [0.4, 0.5) is 14.7 Å². The highest BCUT2D eigenvalue weighted by Crippen LogP contribution is 2.36. The fourth-order valence-electron chi connectivity index (χ4n) is 3.83. The van der Waals surface area contributed by atoms with E-state index in [9.17, 15) is 8.78 Å². The lowest BCUT2D eigenvalue weighted by atomic mass is 10.3. The van der Waals surface area contributed by atoms with E-state index in [0.717, 1.165) is 0 Å². The maximum atomic E-state index is 13.9. The Kier molecular flexibility index (Phi) is 5.06. The van der Waals surface area contributed by atoms with Gasteiger partial charge in [-0.2, -0.15) is 15.0 Å². The van der Waals surface area contributed by atoms with Crippen LogP contribution in [-0.2, 0) is 4.74 Å². The monoisotopic (exact) mass is 468 g/mol. The van der Waals surface area contributed by atoms with Gasteiger partial charge in [-0.3, -0.25) is 4.57 Å². The van der Waals surface area contributed by atoms with Crippen molar-refractivity contribution >= 4 is 17.0 Å². The van der Waals surface area contributed by atoms with Crippen molar-refractivity contribution in [2.24, 2.45) is 0 Å². The van der Waals surface area contributed by atoms with Gasteiger partial charge in [0.2, 0.25) is 18.7 Å². The number of anilines is 1. The summed E-state index contributed by atoms with van der Waals surface area (Å²) in [6, 6.07) is 11.8. The van der Waals surface area contributed by atoms with Crippen LogP contribution in [0.15, 0.2) is 42.5 Å². The number of hydrogen-bond acceptors (Lipinski definition) is 9. The predicted octanol–water partition coefficient (Wildman–Crippen LogP) is 3.51. The van der Waals surface area contributed by atoms with Crippen molar-refractivity contribution in [1.82, 2.24) is 24.5 Å². The first-order valence-electron chi connectivity index (χ1n) is 10.6. The minimum atomic E-state index is -2.84. The number of aromatic nitrogens is 5. The van der Waals surface area contributed by atoms with Gasteiger partial charge in [0.1, 0.15) is 5.75 Å². The van der Waals surface area contributed by atoms with Gasteiger partial charge in [-0.05, 0) is 24.3 Å². The number of ether oxygens (including phenoxy) is 4. The van der Waals surface area contributed by atoms with Gasteiger partial charge in [0, 0.05) is 19.2 Å². The number of para-hydroxylation sites is 2. The van der Waals surface area contributed by atoms with E-state index in [0.29, 0.717) is 60.5 Å². The number of benzene rings is 2. The minimum Gasteiger partial charge on any atom is -0.454 e. The molecule has 6 rings (SSSR count). The third-order valence-electron chi connectivity index (χ3n) is 5.42. The maximum Gasteiger partial charge on any atom is 0.328 e. The molecule has 0 aliphatic carbocycles. The normalized spacial score (nSPS) is 15.3. The van der Waals surface area contributed by atoms with E-state index in [4.69, 9.17) is 18.9 Å². The lowest BCUT2D eigenvalue weighted by molar-refractivity contribution is 0.122. The van der Waals surface area contributed by atoms with Crippen LogP contribution in [0.5, 0.6) is 23.3 Å². The first kappa shape index (κ1) is 20.5. The van der Waals surface area contributed by atoms with E-state index in [1.807, 2.05) is 4.90 Å². The van der Waals surface area contributed by atoms with Crippen LogP contribution < -0.4 is 19.1 Å².